The molecule has 9 heteroatoms. The Morgan fingerprint density at radius 1 is 1.12 bits per heavy atom. The van der Waals surface area contributed by atoms with Gasteiger partial charge in [-0.05, 0) is 37.1 Å². The minimum atomic E-state index is -1.03. The van der Waals surface area contributed by atoms with E-state index < -0.39 is 12.0 Å². The highest BCUT2D eigenvalue weighted by Gasteiger charge is 2.36. The molecule has 5 rings (SSSR count). The van der Waals surface area contributed by atoms with Crippen LogP contribution in [0.1, 0.15) is 28.9 Å². The molecule has 1 saturated heterocycles. The van der Waals surface area contributed by atoms with Gasteiger partial charge in [0.05, 0.1) is 22.9 Å². The van der Waals surface area contributed by atoms with Gasteiger partial charge in [0, 0.05) is 42.7 Å². The first-order chi connectivity index (χ1) is 16.0. The number of benzene rings is 1. The van der Waals surface area contributed by atoms with E-state index in [-0.39, 0.29) is 24.8 Å². The molecule has 0 bridgehead atoms. The van der Waals surface area contributed by atoms with Crippen molar-refractivity contribution in [2.75, 3.05) is 23.7 Å². The fourth-order valence-corrected chi connectivity index (χ4v) is 4.29. The average Bonchev–Trinajstić information content (AvgIpc) is 3.13. The molecule has 0 radical (unpaired) electrons. The van der Waals surface area contributed by atoms with Crippen molar-refractivity contribution in [3.63, 3.8) is 0 Å². The Morgan fingerprint density at radius 3 is 2.67 bits per heavy atom. The Balaban J connectivity index is 1.44. The molecule has 33 heavy (non-hydrogen) atoms. The van der Waals surface area contributed by atoms with Gasteiger partial charge in [0.1, 0.15) is 5.82 Å². The maximum Gasteiger partial charge on any atom is 0.407 e. The lowest BCUT2D eigenvalue weighted by Gasteiger charge is -2.35. The third-order valence-electron chi connectivity index (χ3n) is 6.05. The van der Waals surface area contributed by atoms with Crippen LogP contribution in [0.3, 0.4) is 0 Å². The highest BCUT2D eigenvalue weighted by atomic mass is 16.4. The minimum absolute atomic E-state index is 0.104. The van der Waals surface area contributed by atoms with Gasteiger partial charge in [-0.15, -0.1) is 0 Å². The molecule has 3 aromatic rings. The van der Waals surface area contributed by atoms with Crippen molar-refractivity contribution in [2.45, 2.75) is 19.3 Å². The van der Waals surface area contributed by atoms with Crippen molar-refractivity contribution < 1.29 is 19.5 Å². The number of carbonyl (C=O) groups is 3. The van der Waals surface area contributed by atoms with Crippen LogP contribution in [0.2, 0.25) is 0 Å². The summed E-state index contributed by atoms with van der Waals surface area (Å²) in [5.41, 5.74) is 4.73. The molecule has 168 valence electrons. The van der Waals surface area contributed by atoms with Gasteiger partial charge in [0.2, 0.25) is 5.91 Å². The fourth-order valence-electron chi connectivity index (χ4n) is 4.29. The number of carbonyl (C=O) groups excluding carboxylic acids is 2. The minimum Gasteiger partial charge on any atom is -0.465 e. The van der Waals surface area contributed by atoms with Gasteiger partial charge in [-0.1, -0.05) is 18.2 Å². The zero-order valence-electron chi connectivity index (χ0n) is 17.8. The monoisotopic (exact) mass is 445 g/mol. The molecule has 1 fully saturated rings. The van der Waals surface area contributed by atoms with Gasteiger partial charge in [-0.2, -0.15) is 0 Å². The number of fused-ring (bicyclic) bond motifs is 1. The van der Waals surface area contributed by atoms with Crippen LogP contribution in [-0.4, -0.2) is 50.8 Å². The van der Waals surface area contributed by atoms with E-state index in [1.54, 1.807) is 12.3 Å². The number of aryl methyl sites for hydroxylation is 1. The van der Waals surface area contributed by atoms with Crippen molar-refractivity contribution in [3.05, 3.63) is 59.9 Å². The molecule has 9 nitrogen and oxygen atoms in total. The molecule has 1 aliphatic heterocycles. The number of H-pyrrole nitrogens is 1. The first-order valence-corrected chi connectivity index (χ1v) is 10.8. The van der Waals surface area contributed by atoms with Gasteiger partial charge in [0.15, 0.2) is 5.78 Å². The zero-order valence-corrected chi connectivity index (χ0v) is 17.8. The van der Waals surface area contributed by atoms with E-state index in [0.29, 0.717) is 17.8 Å². The van der Waals surface area contributed by atoms with Crippen LogP contribution in [0.4, 0.5) is 22.0 Å². The van der Waals surface area contributed by atoms with Crippen molar-refractivity contribution >= 4 is 35.0 Å². The summed E-state index contributed by atoms with van der Waals surface area (Å²) in [6.45, 7) is 0.356. The first-order valence-electron chi connectivity index (χ1n) is 10.8. The van der Waals surface area contributed by atoms with Gasteiger partial charge < -0.3 is 25.6 Å². The molecule has 0 unspecified atom stereocenters. The van der Waals surface area contributed by atoms with E-state index in [1.807, 2.05) is 36.4 Å². The Kier molecular flexibility index (Phi) is 5.29. The summed E-state index contributed by atoms with van der Waals surface area (Å²) >= 11 is 0. The van der Waals surface area contributed by atoms with Gasteiger partial charge in [-0.3, -0.25) is 9.59 Å². The molecule has 0 atom stereocenters. The van der Waals surface area contributed by atoms with E-state index in [0.717, 1.165) is 41.2 Å². The summed E-state index contributed by atoms with van der Waals surface area (Å²) in [4.78, 5) is 45.0. The number of likely N-dealkylation sites (tertiary alicyclic amines) is 1. The molecule has 3 heterocycles. The molecule has 2 amide bonds. The molecule has 0 saturated carbocycles. The summed E-state index contributed by atoms with van der Waals surface area (Å²) in [5, 5.41) is 15.1. The van der Waals surface area contributed by atoms with Crippen molar-refractivity contribution in [1.29, 1.82) is 0 Å². The summed E-state index contributed by atoms with van der Waals surface area (Å²) in [5.74, 6) is -0.179. The van der Waals surface area contributed by atoms with E-state index in [1.165, 1.54) is 4.90 Å². The standard InChI is InChI=1S/C24H23N5O4/c30-18-8-4-7-17-20(18)22(26-16-5-2-1-3-6-16)21(27-17)14-9-10-25-19(11-14)28-23(31)15-12-29(13-15)24(32)33/h1-3,5-6,9-11,15,26-27H,4,7-8,12-13H2,(H,32,33)(H,25,28,31). The number of hydrogen-bond acceptors (Lipinski definition) is 5. The Labute approximate surface area is 189 Å². The summed E-state index contributed by atoms with van der Waals surface area (Å²) in [6, 6.07) is 13.2. The average molecular weight is 445 g/mol. The van der Waals surface area contributed by atoms with Crippen LogP contribution < -0.4 is 10.6 Å². The Morgan fingerprint density at radius 2 is 1.91 bits per heavy atom. The normalized spacial score (nSPS) is 15.5. The third kappa shape index (κ3) is 4.05. The number of ketones is 1. The van der Waals surface area contributed by atoms with Crippen LogP contribution in [0.25, 0.3) is 11.3 Å². The van der Waals surface area contributed by atoms with Crippen LogP contribution in [-0.2, 0) is 11.2 Å². The number of rotatable bonds is 5. The first kappa shape index (κ1) is 20.7. The number of anilines is 3. The fraction of sp³-hybridized carbons (Fsp3) is 0.250. The zero-order chi connectivity index (χ0) is 22.9. The number of pyridine rings is 1. The van der Waals surface area contributed by atoms with Gasteiger partial charge >= 0.3 is 6.09 Å². The predicted molar refractivity (Wildman–Crippen MR) is 123 cm³/mol. The van der Waals surface area contributed by atoms with Crippen molar-refractivity contribution in [1.82, 2.24) is 14.9 Å². The van der Waals surface area contributed by atoms with E-state index in [4.69, 9.17) is 5.11 Å². The number of Topliss-reactive ketones (excluding diaryl/α,β-unsaturated/α-hetero) is 1. The number of carboxylic acid groups (broad SMARTS) is 1. The number of hydrogen-bond donors (Lipinski definition) is 4. The van der Waals surface area contributed by atoms with Crippen LogP contribution in [0.5, 0.6) is 0 Å². The second-order valence-corrected chi connectivity index (χ2v) is 8.30. The molecular weight excluding hydrogens is 422 g/mol. The molecule has 4 N–H and O–H groups in total. The SMILES string of the molecule is O=C1CCCc2[nH]c(-c3ccnc(NC(=O)C4CN(C(=O)O)C4)c3)c(Nc3ccccc3)c21. The molecule has 2 aliphatic rings. The second kappa shape index (κ2) is 8.42. The van der Waals surface area contributed by atoms with E-state index in [9.17, 15) is 14.4 Å². The largest absolute Gasteiger partial charge is 0.465 e. The lowest BCUT2D eigenvalue weighted by atomic mass is 9.95. The van der Waals surface area contributed by atoms with Crippen LogP contribution in [0.15, 0.2) is 48.7 Å². The smallest absolute Gasteiger partial charge is 0.407 e. The van der Waals surface area contributed by atoms with Crippen molar-refractivity contribution in [2.24, 2.45) is 5.92 Å². The number of aromatic amines is 1. The third-order valence-corrected chi connectivity index (χ3v) is 6.05. The van der Waals surface area contributed by atoms with Gasteiger partial charge in [-0.25, -0.2) is 9.78 Å². The molecular formula is C24H23N5O4. The lowest BCUT2D eigenvalue weighted by molar-refractivity contribution is -0.123. The predicted octanol–water partition coefficient (Wildman–Crippen LogP) is 3.89. The maximum absolute atomic E-state index is 12.8. The molecule has 1 aromatic carbocycles. The van der Waals surface area contributed by atoms with E-state index in [2.05, 4.69) is 20.6 Å². The highest BCUT2D eigenvalue weighted by molar-refractivity contribution is 6.07. The lowest BCUT2D eigenvalue weighted by Crippen LogP contribution is -2.54. The topological polar surface area (TPSA) is 127 Å². The Bertz CT molecular complexity index is 1230. The van der Waals surface area contributed by atoms with E-state index >= 15 is 0 Å². The second-order valence-electron chi connectivity index (χ2n) is 8.30. The Hall–Kier alpha value is -4.14. The van der Waals surface area contributed by atoms with Crippen molar-refractivity contribution in [3.8, 4) is 11.3 Å². The number of aromatic nitrogens is 2. The quantitative estimate of drug-likeness (QED) is 0.472. The van der Waals surface area contributed by atoms with Gasteiger partial charge in [0.25, 0.3) is 0 Å². The molecule has 0 spiro atoms. The number of nitrogens with zero attached hydrogens (tertiary/aromatic N) is 2. The highest BCUT2D eigenvalue weighted by Crippen LogP contribution is 2.39. The summed E-state index contributed by atoms with van der Waals surface area (Å²) in [6.07, 6.45) is 2.69. The number of nitrogens with one attached hydrogen (secondary N) is 3. The summed E-state index contributed by atoms with van der Waals surface area (Å²) in [7, 11) is 0. The summed E-state index contributed by atoms with van der Waals surface area (Å²) < 4.78 is 0. The number of para-hydroxylation sites is 1. The molecule has 1 aliphatic carbocycles. The molecule has 2 aromatic heterocycles. The van der Waals surface area contributed by atoms with Crippen LogP contribution in [0, 0.1) is 5.92 Å². The number of amides is 2. The van der Waals surface area contributed by atoms with Crippen LogP contribution >= 0.6 is 0 Å². The maximum atomic E-state index is 12.8.